The third-order valence-corrected chi connectivity index (χ3v) is 5.95. The number of rotatable bonds is 6. The maximum Gasteiger partial charge on any atom is 0.240 e. The van der Waals surface area contributed by atoms with E-state index >= 15 is 0 Å². The van der Waals surface area contributed by atoms with Gasteiger partial charge in [0.1, 0.15) is 19.8 Å². The Balaban J connectivity index is 1.67. The number of hydrogen-bond acceptors (Lipinski definition) is 5. The van der Waals surface area contributed by atoms with Crippen LogP contribution in [-0.2, 0) is 14.8 Å². The van der Waals surface area contributed by atoms with Crippen molar-refractivity contribution in [3.05, 3.63) is 18.2 Å². The third kappa shape index (κ3) is 4.81. The highest BCUT2D eigenvalue weighted by Gasteiger charge is 2.24. The van der Waals surface area contributed by atoms with Gasteiger partial charge >= 0.3 is 0 Å². The standard InChI is InChI=1S/C18H26N2O5S/c1-26(22,23)20(13-18(21)19-12-14-5-3-2-4-6-14)15-7-8-16-17(11-15)25-10-9-24-16/h7-8,11,14H,2-6,9-10,12-13H2,1H3,(H,19,21). The number of nitrogens with one attached hydrogen (secondary N) is 1. The van der Waals surface area contributed by atoms with Crippen LogP contribution in [0.25, 0.3) is 0 Å². The second kappa shape index (κ2) is 8.16. The topological polar surface area (TPSA) is 84.9 Å². The van der Waals surface area contributed by atoms with Gasteiger partial charge < -0.3 is 14.8 Å². The predicted octanol–water partition coefficient (Wildman–Crippen LogP) is 1.92. The number of ether oxygens (including phenoxy) is 2. The Hall–Kier alpha value is -1.96. The first-order chi connectivity index (χ1) is 12.4. The predicted molar refractivity (Wildman–Crippen MR) is 99.2 cm³/mol. The van der Waals surface area contributed by atoms with Crippen LogP contribution in [-0.4, -0.2) is 46.9 Å². The monoisotopic (exact) mass is 382 g/mol. The lowest BCUT2D eigenvalue weighted by atomic mass is 9.89. The number of anilines is 1. The Morgan fingerprint density at radius 3 is 2.54 bits per heavy atom. The summed E-state index contributed by atoms with van der Waals surface area (Å²) < 4.78 is 36.5. The molecule has 3 rings (SSSR count). The number of amides is 1. The molecule has 144 valence electrons. The molecule has 0 radical (unpaired) electrons. The first-order valence-electron chi connectivity index (χ1n) is 9.07. The zero-order chi connectivity index (χ0) is 18.6. The van der Waals surface area contributed by atoms with Gasteiger partial charge in [0.05, 0.1) is 11.9 Å². The summed E-state index contributed by atoms with van der Waals surface area (Å²) in [6, 6.07) is 4.90. The molecular weight excluding hydrogens is 356 g/mol. The van der Waals surface area contributed by atoms with Crippen LogP contribution >= 0.6 is 0 Å². The molecule has 0 spiro atoms. The molecular formula is C18H26N2O5S. The molecule has 26 heavy (non-hydrogen) atoms. The SMILES string of the molecule is CS(=O)(=O)N(CC(=O)NCC1CCCCC1)c1ccc2c(c1)OCCO2. The summed E-state index contributed by atoms with van der Waals surface area (Å²) in [4.78, 5) is 12.3. The van der Waals surface area contributed by atoms with E-state index in [9.17, 15) is 13.2 Å². The minimum absolute atomic E-state index is 0.245. The maximum absolute atomic E-state index is 12.3. The van der Waals surface area contributed by atoms with Gasteiger partial charge in [-0.15, -0.1) is 0 Å². The Morgan fingerprint density at radius 1 is 1.15 bits per heavy atom. The van der Waals surface area contributed by atoms with Crippen LogP contribution < -0.4 is 19.1 Å². The molecule has 0 bridgehead atoms. The third-order valence-electron chi connectivity index (χ3n) is 4.81. The molecule has 1 fully saturated rings. The molecule has 0 saturated heterocycles. The number of carbonyl (C=O) groups is 1. The van der Waals surface area contributed by atoms with Crippen LogP contribution in [0, 0.1) is 5.92 Å². The summed E-state index contributed by atoms with van der Waals surface area (Å²) >= 11 is 0. The molecule has 8 heteroatoms. The van der Waals surface area contributed by atoms with Crippen LogP contribution in [0.1, 0.15) is 32.1 Å². The van der Waals surface area contributed by atoms with Gasteiger partial charge in [-0.3, -0.25) is 9.10 Å². The van der Waals surface area contributed by atoms with E-state index < -0.39 is 10.0 Å². The molecule has 7 nitrogen and oxygen atoms in total. The van der Waals surface area contributed by atoms with E-state index in [1.807, 2.05) is 0 Å². The quantitative estimate of drug-likeness (QED) is 0.812. The largest absolute Gasteiger partial charge is 0.486 e. The van der Waals surface area contributed by atoms with E-state index in [2.05, 4.69) is 5.32 Å². The number of hydrogen-bond donors (Lipinski definition) is 1. The highest BCUT2D eigenvalue weighted by atomic mass is 32.2. The average Bonchev–Trinajstić information content (AvgIpc) is 2.64. The molecule has 0 atom stereocenters. The summed E-state index contributed by atoms with van der Waals surface area (Å²) in [5.74, 6) is 1.27. The number of benzene rings is 1. The van der Waals surface area contributed by atoms with Crippen molar-refractivity contribution in [3.63, 3.8) is 0 Å². The summed E-state index contributed by atoms with van der Waals surface area (Å²) in [6.45, 7) is 1.24. The van der Waals surface area contributed by atoms with Crippen molar-refractivity contribution in [2.75, 3.05) is 36.9 Å². The van der Waals surface area contributed by atoms with Gasteiger partial charge in [0, 0.05) is 12.6 Å². The lowest BCUT2D eigenvalue weighted by Gasteiger charge is -2.26. The normalized spacial score (nSPS) is 17.6. The van der Waals surface area contributed by atoms with Gasteiger partial charge in [0.2, 0.25) is 15.9 Å². The van der Waals surface area contributed by atoms with Crippen molar-refractivity contribution in [3.8, 4) is 11.5 Å². The van der Waals surface area contributed by atoms with E-state index in [4.69, 9.17) is 9.47 Å². The van der Waals surface area contributed by atoms with Crippen molar-refractivity contribution in [1.29, 1.82) is 0 Å². The fourth-order valence-corrected chi connectivity index (χ4v) is 4.27. The Bertz CT molecular complexity index is 744. The molecule has 1 aromatic rings. The Labute approximate surface area is 154 Å². The van der Waals surface area contributed by atoms with Crippen LogP contribution in [0.4, 0.5) is 5.69 Å². The number of sulfonamides is 1. The van der Waals surface area contributed by atoms with E-state index in [-0.39, 0.29) is 12.5 Å². The van der Waals surface area contributed by atoms with Gasteiger partial charge in [0.25, 0.3) is 0 Å². The van der Waals surface area contributed by atoms with Crippen molar-refractivity contribution in [1.82, 2.24) is 5.32 Å². The first-order valence-corrected chi connectivity index (χ1v) is 10.9. The fourth-order valence-electron chi connectivity index (χ4n) is 3.42. The number of carbonyl (C=O) groups excluding carboxylic acids is 1. The minimum atomic E-state index is -3.61. The molecule has 1 N–H and O–H groups in total. The summed E-state index contributed by atoms with van der Waals surface area (Å²) in [7, 11) is -3.61. The molecule has 0 aromatic heterocycles. The molecule has 0 unspecified atom stereocenters. The lowest BCUT2D eigenvalue weighted by Crippen LogP contribution is -2.42. The lowest BCUT2D eigenvalue weighted by molar-refractivity contribution is -0.119. The smallest absolute Gasteiger partial charge is 0.240 e. The minimum Gasteiger partial charge on any atom is -0.486 e. The van der Waals surface area contributed by atoms with Gasteiger partial charge in [-0.25, -0.2) is 8.42 Å². The van der Waals surface area contributed by atoms with Crippen LogP contribution in [0.5, 0.6) is 11.5 Å². The van der Waals surface area contributed by atoms with Gasteiger partial charge in [-0.1, -0.05) is 19.3 Å². The highest BCUT2D eigenvalue weighted by molar-refractivity contribution is 7.92. The van der Waals surface area contributed by atoms with Crippen LogP contribution in [0.15, 0.2) is 18.2 Å². The van der Waals surface area contributed by atoms with E-state index in [0.29, 0.717) is 42.9 Å². The zero-order valence-electron chi connectivity index (χ0n) is 15.1. The molecule has 1 aliphatic carbocycles. The van der Waals surface area contributed by atoms with Crippen molar-refractivity contribution < 1.29 is 22.7 Å². The van der Waals surface area contributed by atoms with Crippen molar-refractivity contribution in [2.45, 2.75) is 32.1 Å². The Morgan fingerprint density at radius 2 is 1.85 bits per heavy atom. The van der Waals surface area contributed by atoms with Crippen LogP contribution in [0.3, 0.4) is 0 Å². The highest BCUT2D eigenvalue weighted by Crippen LogP contribution is 2.34. The summed E-state index contributed by atoms with van der Waals surface area (Å²) in [5.41, 5.74) is 0.393. The van der Waals surface area contributed by atoms with Crippen molar-refractivity contribution in [2.24, 2.45) is 5.92 Å². The van der Waals surface area contributed by atoms with Crippen molar-refractivity contribution >= 4 is 21.6 Å². The van der Waals surface area contributed by atoms with E-state index in [0.717, 1.165) is 23.4 Å². The van der Waals surface area contributed by atoms with E-state index in [1.54, 1.807) is 18.2 Å². The first kappa shape index (κ1) is 18.8. The molecule has 1 amide bonds. The van der Waals surface area contributed by atoms with Gasteiger partial charge in [-0.05, 0) is 30.9 Å². The average molecular weight is 382 g/mol. The maximum atomic E-state index is 12.3. The molecule has 1 aromatic carbocycles. The zero-order valence-corrected chi connectivity index (χ0v) is 15.9. The second-order valence-electron chi connectivity index (χ2n) is 6.91. The molecule has 1 saturated carbocycles. The molecule has 2 aliphatic rings. The van der Waals surface area contributed by atoms with Gasteiger partial charge in [-0.2, -0.15) is 0 Å². The summed E-state index contributed by atoms with van der Waals surface area (Å²) in [5, 5.41) is 2.89. The second-order valence-corrected chi connectivity index (χ2v) is 8.81. The molecule has 1 aliphatic heterocycles. The van der Waals surface area contributed by atoms with E-state index in [1.165, 1.54) is 19.3 Å². The molecule has 1 heterocycles. The number of nitrogens with zero attached hydrogens (tertiary/aromatic N) is 1. The Kier molecular flexibility index (Phi) is 5.90. The van der Waals surface area contributed by atoms with Crippen LogP contribution in [0.2, 0.25) is 0 Å². The fraction of sp³-hybridized carbons (Fsp3) is 0.611. The summed E-state index contributed by atoms with van der Waals surface area (Å²) in [6.07, 6.45) is 7.01. The number of fused-ring (bicyclic) bond motifs is 1. The van der Waals surface area contributed by atoms with Gasteiger partial charge in [0.15, 0.2) is 11.5 Å².